The molecule has 494 valence electrons. The van der Waals surface area contributed by atoms with Gasteiger partial charge >= 0.3 is 7.12 Å². The zero-order valence-corrected chi connectivity index (χ0v) is 59.4. The Morgan fingerprint density at radius 1 is 0.275 bits per heavy atom. The van der Waals surface area contributed by atoms with Gasteiger partial charge in [0.15, 0.2) is 34.9 Å². The molecule has 16 aromatic rings. The molecule has 4 aromatic heterocycles. The summed E-state index contributed by atoms with van der Waals surface area (Å²) in [5.74, 6) is 3.92. The van der Waals surface area contributed by atoms with Crippen molar-refractivity contribution in [1.29, 1.82) is 0 Å². The Hall–Kier alpha value is -11.3. The van der Waals surface area contributed by atoms with E-state index < -0.39 is 7.12 Å². The van der Waals surface area contributed by atoms with Gasteiger partial charge in [-0.25, -0.2) is 29.9 Å². The maximum atomic E-state index is 6.71. The first-order valence-electron chi connectivity index (χ1n) is 34.6. The van der Waals surface area contributed by atoms with Crippen LogP contribution >= 0.6 is 15.9 Å². The third-order valence-corrected chi connectivity index (χ3v) is 21.3. The van der Waals surface area contributed by atoms with E-state index in [1.54, 1.807) is 0 Å². The second-order valence-electron chi connectivity index (χ2n) is 28.5. The molecule has 12 aromatic carbocycles. The molecule has 0 radical (unpaired) electrons. The normalized spacial score (nSPS) is 14.7. The molecule has 1 saturated heterocycles. The first kappa shape index (κ1) is 64.1. The number of hydrogen-bond acceptors (Lipinski definition) is 10. The molecule has 5 heterocycles. The van der Waals surface area contributed by atoms with E-state index in [2.05, 4.69) is 210 Å². The lowest BCUT2D eigenvalue weighted by atomic mass is 9.78. The van der Waals surface area contributed by atoms with Crippen molar-refractivity contribution in [2.75, 3.05) is 0 Å². The first-order chi connectivity index (χ1) is 49.4. The quantitative estimate of drug-likeness (QED) is 0.136. The fraction of sp³-hybridized carbons (Fsp3) is 0.133. The number of rotatable bonds is 8. The minimum Gasteiger partial charge on any atom is -0.456 e. The Morgan fingerprint density at radius 3 is 1.07 bits per heavy atom. The number of hydrogen-bond donors (Lipinski definition) is 0. The van der Waals surface area contributed by atoms with Crippen molar-refractivity contribution in [3.05, 3.63) is 306 Å². The van der Waals surface area contributed by atoms with E-state index in [0.717, 1.165) is 98.3 Å². The molecule has 12 heteroatoms. The molecule has 10 nitrogen and oxygen atoms in total. The van der Waals surface area contributed by atoms with Gasteiger partial charge in [-0.1, -0.05) is 280 Å². The summed E-state index contributed by atoms with van der Waals surface area (Å²) in [6.45, 7) is 17.5. The lowest BCUT2D eigenvalue weighted by molar-refractivity contribution is 0.00578. The summed E-state index contributed by atoms with van der Waals surface area (Å²) in [6, 6.07) is 95.7. The summed E-state index contributed by atoms with van der Waals surface area (Å²) < 4.78 is 26.9. The van der Waals surface area contributed by atoms with E-state index in [4.69, 9.17) is 43.1 Å². The van der Waals surface area contributed by atoms with Gasteiger partial charge in [0.2, 0.25) is 0 Å². The smallest absolute Gasteiger partial charge is 0.456 e. The van der Waals surface area contributed by atoms with Crippen molar-refractivity contribution >= 4 is 72.4 Å². The van der Waals surface area contributed by atoms with Crippen LogP contribution in [0.3, 0.4) is 0 Å². The highest BCUT2D eigenvalue weighted by atomic mass is 79.9. The van der Waals surface area contributed by atoms with Gasteiger partial charge in [-0.2, -0.15) is 0 Å². The van der Waals surface area contributed by atoms with Gasteiger partial charge in [0, 0.05) is 81.3 Å². The number of nitrogens with zero attached hydrogens (tertiary/aromatic N) is 6. The Morgan fingerprint density at radius 2 is 0.618 bits per heavy atom. The monoisotopic (exact) mass is 1390 g/mol. The molecule has 0 bridgehead atoms. The van der Waals surface area contributed by atoms with E-state index in [9.17, 15) is 0 Å². The number of halogens is 1. The molecular formula is C90H70BBrN6O4. The van der Waals surface area contributed by atoms with Gasteiger partial charge in [-0.05, 0) is 120 Å². The molecule has 0 spiro atoms. The molecular weight excluding hydrogens is 1320 g/mol. The van der Waals surface area contributed by atoms with Crippen LogP contribution in [0.4, 0.5) is 0 Å². The molecule has 19 rings (SSSR count). The Bertz CT molecular complexity index is 5800. The zero-order chi connectivity index (χ0) is 69.7. The van der Waals surface area contributed by atoms with Crippen LogP contribution in [0, 0.1) is 0 Å². The summed E-state index contributed by atoms with van der Waals surface area (Å²) in [4.78, 5) is 28.8. The molecule has 0 saturated carbocycles. The number of para-hydroxylation sites is 2. The maximum absolute atomic E-state index is 6.71. The van der Waals surface area contributed by atoms with Crippen LogP contribution in [-0.4, -0.2) is 48.2 Å². The van der Waals surface area contributed by atoms with Crippen molar-refractivity contribution in [2.45, 2.75) is 77.4 Å². The van der Waals surface area contributed by atoms with Crippen LogP contribution < -0.4 is 5.46 Å². The van der Waals surface area contributed by atoms with Crippen LogP contribution in [0.25, 0.3) is 146 Å². The minimum atomic E-state index is -0.446. The summed E-state index contributed by atoms with van der Waals surface area (Å²) in [5, 5.41) is 4.49. The first-order valence-corrected chi connectivity index (χ1v) is 35.4. The number of fused-ring (bicyclic) bond motifs is 12. The highest BCUT2D eigenvalue weighted by Crippen LogP contribution is 2.53. The van der Waals surface area contributed by atoms with E-state index in [1.165, 1.54) is 44.5 Å². The summed E-state index contributed by atoms with van der Waals surface area (Å²) >= 11 is 3.52. The average molecular weight is 1390 g/mol. The largest absolute Gasteiger partial charge is 0.498 e. The lowest BCUT2D eigenvalue weighted by Crippen LogP contribution is -2.41. The molecule has 0 unspecified atom stereocenters. The van der Waals surface area contributed by atoms with Crippen molar-refractivity contribution in [3.8, 4) is 102 Å². The van der Waals surface area contributed by atoms with E-state index in [-0.39, 0.29) is 22.0 Å². The van der Waals surface area contributed by atoms with E-state index in [0.29, 0.717) is 34.9 Å². The fourth-order valence-corrected chi connectivity index (χ4v) is 15.1. The van der Waals surface area contributed by atoms with Crippen molar-refractivity contribution in [3.63, 3.8) is 0 Å². The Balaban J connectivity index is 0.000000120. The molecule has 102 heavy (non-hydrogen) atoms. The van der Waals surface area contributed by atoms with Crippen LogP contribution in [0.5, 0.6) is 0 Å². The lowest BCUT2D eigenvalue weighted by Gasteiger charge is -2.32. The third-order valence-electron chi connectivity index (χ3n) is 20.9. The molecule has 3 aliphatic rings. The van der Waals surface area contributed by atoms with Crippen LogP contribution in [0.15, 0.2) is 292 Å². The number of benzene rings is 12. The van der Waals surface area contributed by atoms with Gasteiger partial charge in [-0.15, -0.1) is 0 Å². The van der Waals surface area contributed by atoms with E-state index >= 15 is 0 Å². The fourth-order valence-electron chi connectivity index (χ4n) is 14.7. The highest BCUT2D eigenvalue weighted by Gasteiger charge is 2.52. The number of furan rings is 2. The maximum Gasteiger partial charge on any atom is 0.498 e. The molecule has 1 fully saturated rings. The second kappa shape index (κ2) is 25.1. The summed E-state index contributed by atoms with van der Waals surface area (Å²) in [7, 11) is -0.446. The predicted octanol–water partition coefficient (Wildman–Crippen LogP) is 22.6. The number of aromatic nitrogens is 6. The minimum absolute atomic E-state index is 0.0480. The van der Waals surface area contributed by atoms with Crippen LogP contribution in [0.1, 0.15) is 77.6 Å². The topological polar surface area (TPSA) is 122 Å². The standard InChI is InChI=1S/C42H29N3O.C27H27BO3.C21H14BrN3/c1-42(2)35-22-10-9-19-31(35)33-24-34-32-21-12-20-30(38(32)46-37(34)25-36(33)42)28-17-11-18-29(23-28)41-44-39(26-13-5-3-6-14-26)43-40(45-41)27-15-7-4-8-16-27;1-25(2)20-12-8-7-10-16(20)18-14-19-17-11-9-13-22(24(17)29-23(19)15-21(18)25)28-30-26(3,4)27(5,6)31-28;22-18-13-7-12-17(14-18)21-24-19(15-8-3-1-4-9-15)23-20(25-21)16-10-5-2-6-11-16/h3-25H,1-2H3;7-15H,1-6H3;1-14H. The van der Waals surface area contributed by atoms with Gasteiger partial charge in [0.25, 0.3) is 0 Å². The average Bonchev–Trinajstić information content (AvgIpc) is 1.56. The Kier molecular flexibility index (Phi) is 15.8. The SMILES string of the molecule is Brc1cccc(-c2nc(-c3ccccc3)nc(-c3ccccc3)n2)c1.CC1(C)c2ccccc2-c2cc3c(cc21)oc1c(-c2cccc(-c4nc(-c5ccccc5)nc(-c5ccccc5)n4)c2)cccc13.CC1(C)c2ccccc2-c2cc3c(cc21)oc1c(B2OC(C)(C)C(C)(C)O2)cccc13. The molecule has 1 aliphatic heterocycles. The molecule has 2 aliphatic carbocycles. The predicted molar refractivity (Wildman–Crippen MR) is 417 cm³/mol. The Labute approximate surface area is 601 Å². The van der Waals surface area contributed by atoms with Crippen molar-refractivity contribution in [1.82, 2.24) is 29.9 Å². The van der Waals surface area contributed by atoms with E-state index in [1.807, 2.05) is 146 Å². The van der Waals surface area contributed by atoms with Crippen LogP contribution in [0.2, 0.25) is 0 Å². The van der Waals surface area contributed by atoms with Crippen molar-refractivity contribution in [2.24, 2.45) is 0 Å². The molecule has 0 N–H and O–H groups in total. The van der Waals surface area contributed by atoms with Gasteiger partial charge in [0.05, 0.1) is 11.2 Å². The molecule has 0 atom stereocenters. The van der Waals surface area contributed by atoms with Crippen molar-refractivity contribution < 1.29 is 18.1 Å². The van der Waals surface area contributed by atoms with Crippen LogP contribution in [-0.2, 0) is 20.1 Å². The van der Waals surface area contributed by atoms with Gasteiger partial charge in [-0.3, -0.25) is 0 Å². The summed E-state index contributed by atoms with van der Waals surface area (Å²) in [5.41, 5.74) is 22.0. The zero-order valence-electron chi connectivity index (χ0n) is 57.8. The van der Waals surface area contributed by atoms with Gasteiger partial charge < -0.3 is 18.1 Å². The van der Waals surface area contributed by atoms with Gasteiger partial charge in [0.1, 0.15) is 22.3 Å². The highest BCUT2D eigenvalue weighted by molar-refractivity contribution is 9.10. The summed E-state index contributed by atoms with van der Waals surface area (Å²) in [6.07, 6.45) is 0. The second-order valence-corrected chi connectivity index (χ2v) is 29.4. The molecule has 0 amide bonds. The third kappa shape index (κ3) is 11.3.